The fourth-order valence-corrected chi connectivity index (χ4v) is 0.970. The first-order chi connectivity index (χ1) is 5.33. The minimum atomic E-state index is 1.20. The van der Waals surface area contributed by atoms with Crippen LogP contribution in [0.1, 0.15) is 11.1 Å². The highest BCUT2D eigenvalue weighted by Gasteiger charge is 1.83. The van der Waals surface area contributed by atoms with Crippen LogP contribution in [0, 0.1) is 6.92 Å². The first-order valence-electron chi connectivity index (χ1n) is 3.41. The fourth-order valence-electron chi connectivity index (χ4n) is 0.790. The lowest BCUT2D eigenvalue weighted by atomic mass is 10.1. The molecule has 0 aliphatic rings. The van der Waals surface area contributed by atoms with Crippen molar-refractivity contribution >= 4 is 28.7 Å². The molecular weight excluding hydrogens is 247 g/mol. The van der Waals surface area contributed by atoms with Crippen LogP contribution in [0.5, 0.6) is 0 Å². The molecule has 1 aromatic carbocycles. The molecule has 0 aliphatic carbocycles. The van der Waals surface area contributed by atoms with Crippen molar-refractivity contribution in [3.63, 3.8) is 0 Å². The molecule has 0 amide bonds. The highest BCUT2D eigenvalue weighted by molar-refractivity contribution is 14.1. The summed E-state index contributed by atoms with van der Waals surface area (Å²) in [6.45, 7) is 2.08. The number of hydrogen-bond donors (Lipinski definition) is 0. The van der Waals surface area contributed by atoms with Crippen molar-refractivity contribution in [1.82, 2.24) is 0 Å². The van der Waals surface area contributed by atoms with Gasteiger partial charge in [0.2, 0.25) is 0 Å². The van der Waals surface area contributed by atoms with E-state index < -0.39 is 0 Å². The standard InChI is InChI=1S/C10H9I/c1-9-4-6-10(7-5-9)3-2-8-11/h3-8H,1H3. The molecular formula is C10H9I. The van der Waals surface area contributed by atoms with Crippen LogP contribution >= 0.6 is 22.6 Å². The van der Waals surface area contributed by atoms with Gasteiger partial charge in [0.25, 0.3) is 0 Å². The molecule has 0 heterocycles. The average molecular weight is 256 g/mol. The lowest BCUT2D eigenvalue weighted by Crippen LogP contribution is -1.71. The Labute approximate surface area is 80.8 Å². The first kappa shape index (κ1) is 8.57. The van der Waals surface area contributed by atoms with Crippen LogP contribution in [0.4, 0.5) is 0 Å². The topological polar surface area (TPSA) is 0 Å². The van der Waals surface area contributed by atoms with Crippen molar-refractivity contribution in [2.75, 3.05) is 0 Å². The normalized spacial score (nSPS) is 8.55. The molecule has 1 rings (SSSR count). The minimum absolute atomic E-state index is 1.20. The lowest BCUT2D eigenvalue weighted by molar-refractivity contribution is 1.46. The molecule has 1 heteroatoms. The zero-order valence-corrected chi connectivity index (χ0v) is 8.50. The predicted octanol–water partition coefficient (Wildman–Crippen LogP) is 3.56. The number of aryl methyl sites for hydroxylation is 1. The highest BCUT2D eigenvalue weighted by Crippen LogP contribution is 2.03. The Balaban J connectivity index is 2.90. The molecule has 0 aromatic heterocycles. The molecule has 11 heavy (non-hydrogen) atoms. The first-order valence-corrected chi connectivity index (χ1v) is 4.65. The van der Waals surface area contributed by atoms with E-state index in [1.165, 1.54) is 11.1 Å². The van der Waals surface area contributed by atoms with Gasteiger partial charge >= 0.3 is 0 Å². The van der Waals surface area contributed by atoms with Crippen molar-refractivity contribution in [2.24, 2.45) is 0 Å². The van der Waals surface area contributed by atoms with Gasteiger partial charge in [-0.25, -0.2) is 0 Å². The zero-order chi connectivity index (χ0) is 8.10. The van der Waals surface area contributed by atoms with Crippen LogP contribution in [0.3, 0.4) is 0 Å². The van der Waals surface area contributed by atoms with Gasteiger partial charge in [0, 0.05) is 4.08 Å². The molecule has 0 atom stereocenters. The molecule has 0 saturated carbocycles. The number of benzene rings is 1. The smallest absolute Gasteiger partial charge is 0.0187 e. The zero-order valence-electron chi connectivity index (χ0n) is 6.34. The summed E-state index contributed by atoms with van der Waals surface area (Å²) in [5, 5.41) is 0. The van der Waals surface area contributed by atoms with Gasteiger partial charge in [-0.1, -0.05) is 29.8 Å². The van der Waals surface area contributed by atoms with Gasteiger partial charge in [-0.2, -0.15) is 0 Å². The average Bonchev–Trinajstić information content (AvgIpc) is 2.04. The van der Waals surface area contributed by atoms with E-state index in [-0.39, 0.29) is 0 Å². The van der Waals surface area contributed by atoms with Gasteiger partial charge in [-0.15, -0.1) is 5.73 Å². The SMILES string of the molecule is Cc1ccc(C=C=CI)cc1. The van der Waals surface area contributed by atoms with Crippen LogP contribution in [-0.4, -0.2) is 0 Å². The van der Waals surface area contributed by atoms with Crippen molar-refractivity contribution in [2.45, 2.75) is 6.92 Å². The van der Waals surface area contributed by atoms with Gasteiger partial charge in [0.15, 0.2) is 0 Å². The maximum Gasteiger partial charge on any atom is 0.0187 e. The van der Waals surface area contributed by atoms with Crippen LogP contribution in [0.15, 0.2) is 34.1 Å². The molecule has 0 nitrogen and oxygen atoms in total. The monoisotopic (exact) mass is 256 g/mol. The van der Waals surface area contributed by atoms with Crippen LogP contribution in [0.25, 0.3) is 6.08 Å². The number of halogens is 1. The third kappa shape index (κ3) is 2.91. The number of hydrogen-bond acceptors (Lipinski definition) is 0. The van der Waals surface area contributed by atoms with Crippen LogP contribution in [-0.2, 0) is 0 Å². The van der Waals surface area contributed by atoms with Gasteiger partial charge < -0.3 is 0 Å². The predicted molar refractivity (Wildman–Crippen MR) is 57.7 cm³/mol. The van der Waals surface area contributed by atoms with E-state index in [0.717, 1.165) is 0 Å². The van der Waals surface area contributed by atoms with Crippen LogP contribution < -0.4 is 0 Å². The molecule has 0 unspecified atom stereocenters. The molecule has 56 valence electrons. The highest BCUT2D eigenvalue weighted by atomic mass is 127. The van der Waals surface area contributed by atoms with E-state index in [4.69, 9.17) is 0 Å². The summed E-state index contributed by atoms with van der Waals surface area (Å²) in [5.41, 5.74) is 5.51. The summed E-state index contributed by atoms with van der Waals surface area (Å²) in [6, 6.07) is 8.37. The largest absolute Gasteiger partial charge is 0.114 e. The molecule has 0 saturated heterocycles. The second-order valence-corrected chi connectivity index (χ2v) is 2.95. The molecule has 0 radical (unpaired) electrons. The van der Waals surface area contributed by atoms with E-state index in [2.05, 4.69) is 59.5 Å². The summed E-state index contributed by atoms with van der Waals surface area (Å²) in [5.74, 6) is 0. The third-order valence-electron chi connectivity index (χ3n) is 1.39. The maximum atomic E-state index is 3.02. The Morgan fingerprint density at radius 2 is 1.91 bits per heavy atom. The van der Waals surface area contributed by atoms with Crippen molar-refractivity contribution in [3.05, 3.63) is 45.2 Å². The van der Waals surface area contributed by atoms with Gasteiger partial charge in [0.05, 0.1) is 0 Å². The Bertz CT molecular complexity index is 276. The fraction of sp³-hybridized carbons (Fsp3) is 0.100. The van der Waals surface area contributed by atoms with E-state index in [1.54, 1.807) is 0 Å². The van der Waals surface area contributed by atoms with Gasteiger partial charge in [-0.05, 0) is 41.2 Å². The van der Waals surface area contributed by atoms with E-state index in [1.807, 2.05) is 10.2 Å². The second-order valence-electron chi connectivity index (χ2n) is 2.33. The van der Waals surface area contributed by atoms with E-state index in [9.17, 15) is 0 Å². The minimum Gasteiger partial charge on any atom is -0.114 e. The van der Waals surface area contributed by atoms with Crippen molar-refractivity contribution < 1.29 is 0 Å². The molecule has 0 bridgehead atoms. The Morgan fingerprint density at radius 1 is 1.27 bits per heavy atom. The molecule has 0 aliphatic heterocycles. The maximum absolute atomic E-state index is 3.02. The van der Waals surface area contributed by atoms with Crippen molar-refractivity contribution in [1.29, 1.82) is 0 Å². The summed E-state index contributed by atoms with van der Waals surface area (Å²) in [7, 11) is 0. The van der Waals surface area contributed by atoms with E-state index >= 15 is 0 Å². The summed E-state index contributed by atoms with van der Waals surface area (Å²) in [6.07, 6.45) is 1.96. The van der Waals surface area contributed by atoms with Gasteiger partial charge in [-0.3, -0.25) is 0 Å². The third-order valence-corrected chi connectivity index (χ3v) is 1.75. The summed E-state index contributed by atoms with van der Waals surface area (Å²) < 4.78 is 1.87. The summed E-state index contributed by atoms with van der Waals surface area (Å²) in [4.78, 5) is 0. The summed E-state index contributed by atoms with van der Waals surface area (Å²) >= 11 is 2.15. The van der Waals surface area contributed by atoms with Gasteiger partial charge in [0.1, 0.15) is 0 Å². The molecule has 1 aromatic rings. The van der Waals surface area contributed by atoms with Crippen molar-refractivity contribution in [3.8, 4) is 0 Å². The van der Waals surface area contributed by atoms with E-state index in [0.29, 0.717) is 0 Å². The van der Waals surface area contributed by atoms with Crippen LogP contribution in [0.2, 0.25) is 0 Å². The Kier molecular flexibility index (Phi) is 3.40. The lowest BCUT2D eigenvalue weighted by Gasteiger charge is -1.91. The molecule has 0 fully saturated rings. The molecule has 0 spiro atoms. The Morgan fingerprint density at radius 3 is 2.45 bits per heavy atom. The Hall–Kier alpha value is -0.530. The second kappa shape index (κ2) is 4.37. The molecule has 0 N–H and O–H groups in total. The number of rotatable bonds is 1. The quantitative estimate of drug-likeness (QED) is 0.532.